The molecule has 1 saturated carbocycles. The van der Waals surface area contributed by atoms with Crippen LogP contribution in [-0.4, -0.2) is 48.2 Å². The molecular weight excluding hydrogens is 372 g/mol. The van der Waals surface area contributed by atoms with Crippen LogP contribution < -0.4 is 5.32 Å². The third kappa shape index (κ3) is 3.42. The van der Waals surface area contributed by atoms with Crippen molar-refractivity contribution in [2.45, 2.75) is 43.2 Å². The van der Waals surface area contributed by atoms with Gasteiger partial charge < -0.3 is 5.32 Å². The fourth-order valence-electron chi connectivity index (χ4n) is 4.45. The number of anilines is 1. The van der Waals surface area contributed by atoms with Gasteiger partial charge in [-0.1, -0.05) is 24.3 Å². The molecule has 148 valence electrons. The number of aryl methyl sites for hydroxylation is 1. The molecule has 2 aromatic rings. The van der Waals surface area contributed by atoms with Gasteiger partial charge in [-0.15, -0.1) is 0 Å². The van der Waals surface area contributed by atoms with Gasteiger partial charge in [0.05, 0.1) is 16.7 Å². The Balaban J connectivity index is 1.41. The van der Waals surface area contributed by atoms with E-state index in [9.17, 15) is 8.42 Å². The Labute approximate surface area is 166 Å². The number of fused-ring (bicyclic) bond motifs is 3. The predicted octanol–water partition coefficient (Wildman–Crippen LogP) is 2.50. The van der Waals surface area contributed by atoms with Crippen LogP contribution in [0, 0.1) is 12.8 Å². The molecule has 0 amide bonds. The fraction of sp³-hybridized carbons (Fsp3) is 0.524. The molecule has 1 aliphatic carbocycles. The third-order valence-electron chi connectivity index (χ3n) is 6.31. The first kappa shape index (κ1) is 18.1. The highest BCUT2D eigenvalue weighted by molar-refractivity contribution is 7.91. The lowest BCUT2D eigenvalue weighted by atomic mass is 10.00. The van der Waals surface area contributed by atoms with Crippen molar-refractivity contribution in [3.8, 4) is 0 Å². The molecule has 1 aromatic heterocycles. The number of hydrogen-bond donors (Lipinski definition) is 1. The Bertz CT molecular complexity index is 1000. The molecular formula is C21H26N4O2S. The summed E-state index contributed by atoms with van der Waals surface area (Å²) in [6.45, 7) is 5.10. The van der Waals surface area contributed by atoms with Crippen molar-refractivity contribution in [1.29, 1.82) is 0 Å². The largest absolute Gasteiger partial charge is 0.354 e. The van der Waals surface area contributed by atoms with Gasteiger partial charge in [-0.3, -0.25) is 4.90 Å². The lowest BCUT2D eigenvalue weighted by Crippen LogP contribution is -2.35. The number of nitrogens with one attached hydrogen (secondary N) is 1. The molecule has 2 fully saturated rings. The maximum absolute atomic E-state index is 12.9. The van der Waals surface area contributed by atoms with Crippen LogP contribution in [0.3, 0.4) is 0 Å². The highest BCUT2D eigenvalue weighted by Crippen LogP contribution is 2.40. The maximum atomic E-state index is 12.9. The Hall–Kier alpha value is -1.99. The van der Waals surface area contributed by atoms with Crippen LogP contribution in [-0.2, 0) is 22.1 Å². The van der Waals surface area contributed by atoms with Crippen molar-refractivity contribution in [3.05, 3.63) is 52.8 Å². The van der Waals surface area contributed by atoms with E-state index >= 15 is 0 Å². The van der Waals surface area contributed by atoms with Gasteiger partial charge in [0.1, 0.15) is 0 Å². The van der Waals surface area contributed by atoms with E-state index in [0.29, 0.717) is 12.5 Å². The van der Waals surface area contributed by atoms with Crippen molar-refractivity contribution in [2.24, 2.45) is 5.92 Å². The number of likely N-dealkylation sites (tertiary alicyclic amines) is 1. The van der Waals surface area contributed by atoms with Crippen LogP contribution in [0.4, 0.5) is 5.95 Å². The third-order valence-corrected chi connectivity index (χ3v) is 8.42. The highest BCUT2D eigenvalue weighted by atomic mass is 32.2. The second-order valence-electron chi connectivity index (χ2n) is 8.50. The molecule has 0 bridgehead atoms. The molecule has 5 rings (SSSR count). The van der Waals surface area contributed by atoms with Gasteiger partial charge in [0.25, 0.3) is 0 Å². The summed E-state index contributed by atoms with van der Waals surface area (Å²) in [5, 5.41) is 2.97. The monoisotopic (exact) mass is 398 g/mol. The molecule has 0 spiro atoms. The average Bonchev–Trinajstić information content (AvgIpc) is 3.39. The van der Waals surface area contributed by atoms with Crippen molar-refractivity contribution >= 4 is 15.8 Å². The Morgan fingerprint density at radius 3 is 2.82 bits per heavy atom. The normalized spacial score (nSPS) is 25.9. The van der Waals surface area contributed by atoms with E-state index in [1.165, 1.54) is 24.0 Å². The molecule has 1 N–H and O–H groups in total. The molecule has 2 atom stereocenters. The minimum Gasteiger partial charge on any atom is -0.354 e. The summed E-state index contributed by atoms with van der Waals surface area (Å²) in [5.41, 5.74) is 4.21. The molecule has 1 saturated heterocycles. The molecule has 3 aliphatic rings. The fourth-order valence-corrected chi connectivity index (χ4v) is 6.48. The van der Waals surface area contributed by atoms with E-state index in [1.54, 1.807) is 6.20 Å². The zero-order valence-electron chi connectivity index (χ0n) is 16.1. The number of sulfone groups is 1. The van der Waals surface area contributed by atoms with Crippen molar-refractivity contribution in [3.63, 3.8) is 0 Å². The van der Waals surface area contributed by atoms with Crippen LogP contribution >= 0.6 is 0 Å². The zero-order valence-corrected chi connectivity index (χ0v) is 17.0. The van der Waals surface area contributed by atoms with Crippen molar-refractivity contribution in [2.75, 3.05) is 25.0 Å². The summed E-state index contributed by atoms with van der Waals surface area (Å²) in [7, 11) is -3.18. The van der Waals surface area contributed by atoms with E-state index in [4.69, 9.17) is 4.98 Å². The van der Waals surface area contributed by atoms with Crippen LogP contribution in [0.1, 0.15) is 41.1 Å². The van der Waals surface area contributed by atoms with Gasteiger partial charge in [-0.2, -0.15) is 0 Å². The van der Waals surface area contributed by atoms with E-state index in [-0.39, 0.29) is 16.9 Å². The number of benzene rings is 1. The number of aromatic nitrogens is 2. The summed E-state index contributed by atoms with van der Waals surface area (Å²) < 4.78 is 25.8. The van der Waals surface area contributed by atoms with Crippen molar-refractivity contribution in [1.82, 2.24) is 14.9 Å². The van der Waals surface area contributed by atoms with Gasteiger partial charge in [-0.05, 0) is 36.8 Å². The highest BCUT2D eigenvalue weighted by Gasteiger charge is 2.47. The summed E-state index contributed by atoms with van der Waals surface area (Å²) >= 11 is 0. The van der Waals surface area contributed by atoms with Gasteiger partial charge >= 0.3 is 0 Å². The molecule has 28 heavy (non-hydrogen) atoms. The molecule has 7 heteroatoms. The zero-order chi connectivity index (χ0) is 19.3. The summed E-state index contributed by atoms with van der Waals surface area (Å²) in [6.07, 6.45) is 4.26. The minimum absolute atomic E-state index is 0.0601. The first-order valence-corrected chi connectivity index (χ1v) is 11.8. The average molecular weight is 399 g/mol. The number of rotatable bonds is 5. The first-order valence-electron chi connectivity index (χ1n) is 10.1. The molecule has 6 nitrogen and oxygen atoms in total. The Kier molecular flexibility index (Phi) is 4.39. The summed E-state index contributed by atoms with van der Waals surface area (Å²) in [4.78, 5) is 11.4. The van der Waals surface area contributed by atoms with Gasteiger partial charge in [0.15, 0.2) is 9.84 Å². The Morgan fingerprint density at radius 1 is 1.21 bits per heavy atom. The van der Waals surface area contributed by atoms with E-state index in [1.807, 2.05) is 12.1 Å². The van der Waals surface area contributed by atoms with E-state index < -0.39 is 9.84 Å². The predicted molar refractivity (Wildman–Crippen MR) is 109 cm³/mol. The van der Waals surface area contributed by atoms with Crippen LogP contribution in [0.15, 0.2) is 30.5 Å². The maximum Gasteiger partial charge on any atom is 0.222 e. The first-order chi connectivity index (χ1) is 13.5. The topological polar surface area (TPSA) is 75.2 Å². The summed E-state index contributed by atoms with van der Waals surface area (Å²) in [5.74, 6) is 1.37. The van der Waals surface area contributed by atoms with Crippen LogP contribution in [0.5, 0.6) is 0 Å². The lowest BCUT2D eigenvalue weighted by molar-refractivity contribution is 0.326. The number of nitrogens with zero attached hydrogens (tertiary/aromatic N) is 3. The van der Waals surface area contributed by atoms with E-state index in [0.717, 1.165) is 36.8 Å². The van der Waals surface area contributed by atoms with Gasteiger partial charge in [-0.25, -0.2) is 18.4 Å². The van der Waals surface area contributed by atoms with E-state index in [2.05, 4.69) is 34.3 Å². The molecule has 0 radical (unpaired) electrons. The standard InChI is InChI=1S/C21H26N4O2S/c1-14-4-2-3-5-16(14)10-25-11-18-19(12-25)28(26,27)13-17-9-23-21(24-20(17)18)22-8-15-6-7-15/h2-5,9,15,18-19H,6-8,10-13H2,1H3,(H,22,23,24)/t18-,19+/m0/s1. The summed E-state index contributed by atoms with van der Waals surface area (Å²) in [6, 6.07) is 8.32. The lowest BCUT2D eigenvalue weighted by Gasteiger charge is -2.26. The molecule has 3 heterocycles. The SMILES string of the molecule is Cc1ccccc1CN1C[C@@H]2c3nc(NCC4CC4)ncc3CS(=O)(=O)[C@@H]2C1. The number of hydrogen-bond acceptors (Lipinski definition) is 6. The second-order valence-corrected chi connectivity index (χ2v) is 10.7. The Morgan fingerprint density at radius 2 is 2.04 bits per heavy atom. The minimum atomic E-state index is -3.18. The molecule has 0 unspecified atom stereocenters. The molecule has 2 aliphatic heterocycles. The quantitative estimate of drug-likeness (QED) is 0.834. The van der Waals surface area contributed by atoms with Crippen LogP contribution in [0.25, 0.3) is 0 Å². The van der Waals surface area contributed by atoms with Gasteiger partial charge in [0, 0.05) is 43.9 Å². The smallest absolute Gasteiger partial charge is 0.222 e. The van der Waals surface area contributed by atoms with Crippen LogP contribution in [0.2, 0.25) is 0 Å². The second kappa shape index (κ2) is 6.81. The van der Waals surface area contributed by atoms with Gasteiger partial charge in [0.2, 0.25) is 5.95 Å². The molecule has 1 aromatic carbocycles. The van der Waals surface area contributed by atoms with Crippen molar-refractivity contribution < 1.29 is 8.42 Å².